The van der Waals surface area contributed by atoms with E-state index in [-0.39, 0.29) is 5.91 Å². The zero-order valence-corrected chi connectivity index (χ0v) is 18.9. The molecule has 166 valence electrons. The minimum Gasteiger partial charge on any atom is -0.497 e. The van der Waals surface area contributed by atoms with Gasteiger partial charge in [-0.25, -0.2) is 0 Å². The number of carbonyl (C=O) groups is 1. The van der Waals surface area contributed by atoms with E-state index >= 15 is 0 Å². The van der Waals surface area contributed by atoms with Crippen LogP contribution in [-0.2, 0) is 17.6 Å². The molecule has 0 unspecified atom stereocenters. The van der Waals surface area contributed by atoms with Gasteiger partial charge in [0, 0.05) is 5.02 Å². The van der Waals surface area contributed by atoms with Gasteiger partial charge in [0.05, 0.1) is 12.8 Å². The van der Waals surface area contributed by atoms with Crippen molar-refractivity contribution in [2.45, 2.75) is 38.7 Å². The predicted octanol–water partition coefficient (Wildman–Crippen LogP) is 6.43. The Balaban J connectivity index is 1.45. The van der Waals surface area contributed by atoms with Crippen LogP contribution in [0, 0.1) is 0 Å². The molecule has 0 bridgehead atoms. The lowest BCUT2D eigenvalue weighted by Crippen LogP contribution is -2.30. The smallest absolute Gasteiger partial charge is 0.265 e. The van der Waals surface area contributed by atoms with E-state index in [1.165, 1.54) is 24.0 Å². The number of halogens is 1. The highest BCUT2D eigenvalue weighted by Crippen LogP contribution is 2.33. The molecule has 0 spiro atoms. The second-order valence-electron chi connectivity index (χ2n) is 7.81. The number of hydrogen-bond acceptors (Lipinski definition) is 4. The van der Waals surface area contributed by atoms with Crippen LogP contribution >= 0.6 is 11.6 Å². The first-order valence-corrected chi connectivity index (χ1v) is 11.1. The van der Waals surface area contributed by atoms with Crippen LogP contribution in [-0.4, -0.2) is 19.1 Å². The molecule has 4 rings (SSSR count). The number of aryl methyl sites for hydroxylation is 2. The molecule has 3 aromatic rings. The third kappa shape index (κ3) is 5.35. The molecular weight excluding hydrogens is 426 g/mol. The van der Waals surface area contributed by atoms with E-state index in [0.29, 0.717) is 28.0 Å². The number of hydrogen-bond donors (Lipinski definition) is 1. The van der Waals surface area contributed by atoms with Crippen molar-refractivity contribution in [3.8, 4) is 23.0 Å². The van der Waals surface area contributed by atoms with E-state index in [2.05, 4.69) is 17.4 Å². The van der Waals surface area contributed by atoms with E-state index in [9.17, 15) is 4.79 Å². The molecule has 0 radical (unpaired) electrons. The normalized spacial score (nSPS) is 13.6. The molecule has 0 heterocycles. The van der Waals surface area contributed by atoms with Gasteiger partial charge in [0.15, 0.2) is 11.9 Å². The van der Waals surface area contributed by atoms with Crippen molar-refractivity contribution in [3.63, 3.8) is 0 Å². The van der Waals surface area contributed by atoms with Gasteiger partial charge >= 0.3 is 0 Å². The van der Waals surface area contributed by atoms with Crippen LogP contribution in [0.1, 0.15) is 30.9 Å². The maximum Gasteiger partial charge on any atom is 0.265 e. The average Bonchev–Trinajstić information content (AvgIpc) is 2.81. The van der Waals surface area contributed by atoms with Crippen molar-refractivity contribution in [1.82, 2.24) is 0 Å². The van der Waals surface area contributed by atoms with Crippen LogP contribution in [0.5, 0.6) is 23.0 Å². The Kier molecular flexibility index (Phi) is 6.86. The van der Waals surface area contributed by atoms with Crippen LogP contribution in [0.2, 0.25) is 5.02 Å². The average molecular weight is 452 g/mol. The molecule has 1 amide bonds. The molecule has 1 aliphatic rings. The van der Waals surface area contributed by atoms with Crippen LogP contribution in [0.25, 0.3) is 0 Å². The van der Waals surface area contributed by atoms with Gasteiger partial charge < -0.3 is 19.5 Å². The molecule has 0 saturated heterocycles. The van der Waals surface area contributed by atoms with Crippen LogP contribution in [0.4, 0.5) is 5.69 Å². The molecule has 1 N–H and O–H groups in total. The summed E-state index contributed by atoms with van der Waals surface area (Å²) in [4.78, 5) is 12.9. The minimum absolute atomic E-state index is 0.287. The van der Waals surface area contributed by atoms with Crippen LogP contribution < -0.4 is 19.5 Å². The molecule has 1 aliphatic carbocycles. The molecular formula is C26H26ClNO4. The predicted molar refractivity (Wildman–Crippen MR) is 126 cm³/mol. The lowest BCUT2D eigenvalue weighted by molar-refractivity contribution is -0.122. The summed E-state index contributed by atoms with van der Waals surface area (Å²) in [5, 5.41) is 3.37. The van der Waals surface area contributed by atoms with E-state index in [1.807, 2.05) is 6.07 Å². The fraction of sp³-hybridized carbons (Fsp3) is 0.269. The Morgan fingerprint density at radius 1 is 0.906 bits per heavy atom. The molecule has 32 heavy (non-hydrogen) atoms. The molecule has 1 atom stereocenters. The number of ether oxygens (including phenoxy) is 3. The van der Waals surface area contributed by atoms with Crippen molar-refractivity contribution in [2.75, 3.05) is 12.4 Å². The van der Waals surface area contributed by atoms with Crippen molar-refractivity contribution >= 4 is 23.2 Å². The second-order valence-corrected chi connectivity index (χ2v) is 8.24. The van der Waals surface area contributed by atoms with Crippen LogP contribution in [0.15, 0.2) is 60.7 Å². The fourth-order valence-corrected chi connectivity index (χ4v) is 3.91. The van der Waals surface area contributed by atoms with Crippen LogP contribution in [0.3, 0.4) is 0 Å². The molecule has 5 nitrogen and oxygen atoms in total. The number of rotatable bonds is 7. The highest BCUT2D eigenvalue weighted by atomic mass is 35.5. The fourth-order valence-electron chi connectivity index (χ4n) is 3.73. The number of anilines is 1. The largest absolute Gasteiger partial charge is 0.497 e. The third-order valence-electron chi connectivity index (χ3n) is 5.49. The monoisotopic (exact) mass is 451 g/mol. The van der Waals surface area contributed by atoms with E-state index in [4.69, 9.17) is 25.8 Å². The Morgan fingerprint density at radius 3 is 2.34 bits per heavy atom. The van der Waals surface area contributed by atoms with E-state index in [1.54, 1.807) is 56.5 Å². The Morgan fingerprint density at radius 2 is 1.59 bits per heavy atom. The molecule has 0 saturated carbocycles. The van der Waals surface area contributed by atoms with Gasteiger partial charge in [-0.2, -0.15) is 0 Å². The summed E-state index contributed by atoms with van der Waals surface area (Å²) in [5.41, 5.74) is 3.16. The second kappa shape index (κ2) is 9.96. The molecule has 3 aromatic carbocycles. The summed E-state index contributed by atoms with van der Waals surface area (Å²) >= 11 is 6.16. The zero-order chi connectivity index (χ0) is 22.5. The maximum atomic E-state index is 12.9. The topological polar surface area (TPSA) is 56.8 Å². The summed E-state index contributed by atoms with van der Waals surface area (Å²) in [6, 6.07) is 18.4. The SMILES string of the molecule is COc1ccc(Oc2ccc(Cl)cc2NC(=O)[C@H](C)Oc2ccc3c(c2)CCCC3)cc1. The van der Waals surface area contributed by atoms with Gasteiger partial charge in [-0.3, -0.25) is 4.79 Å². The summed E-state index contributed by atoms with van der Waals surface area (Å²) in [6.07, 6.45) is 3.90. The summed E-state index contributed by atoms with van der Waals surface area (Å²) < 4.78 is 17.1. The standard InChI is InChI=1S/C26H26ClNO4/c1-17(31-23-9-7-18-5-3-4-6-19(18)15-23)26(29)28-24-16-20(27)8-14-25(24)32-22-12-10-21(30-2)11-13-22/h7-17H,3-6H2,1-2H3,(H,28,29)/t17-/m0/s1. The number of methoxy groups -OCH3 is 1. The van der Waals surface area contributed by atoms with Gasteiger partial charge in [-0.1, -0.05) is 17.7 Å². The number of fused-ring (bicyclic) bond motifs is 1. The Bertz CT molecular complexity index is 1100. The lowest BCUT2D eigenvalue weighted by Gasteiger charge is -2.20. The van der Waals surface area contributed by atoms with Gasteiger partial charge in [0.2, 0.25) is 0 Å². The van der Waals surface area contributed by atoms with E-state index in [0.717, 1.165) is 18.6 Å². The third-order valence-corrected chi connectivity index (χ3v) is 5.72. The Hall–Kier alpha value is -3.18. The molecule has 6 heteroatoms. The zero-order valence-electron chi connectivity index (χ0n) is 18.2. The van der Waals surface area contributed by atoms with Crippen molar-refractivity contribution in [1.29, 1.82) is 0 Å². The minimum atomic E-state index is -0.690. The van der Waals surface area contributed by atoms with Crippen molar-refractivity contribution in [3.05, 3.63) is 76.8 Å². The van der Waals surface area contributed by atoms with Gasteiger partial charge in [0.1, 0.15) is 17.2 Å². The summed E-state index contributed by atoms with van der Waals surface area (Å²) in [7, 11) is 1.61. The first-order valence-electron chi connectivity index (χ1n) is 10.7. The number of carbonyl (C=O) groups excluding carboxylic acids is 1. The highest BCUT2D eigenvalue weighted by Gasteiger charge is 2.19. The number of nitrogens with one attached hydrogen (secondary N) is 1. The number of amides is 1. The maximum absolute atomic E-state index is 12.9. The molecule has 0 aromatic heterocycles. The summed E-state index contributed by atoms with van der Waals surface area (Å²) in [6.45, 7) is 1.73. The molecule has 0 aliphatic heterocycles. The summed E-state index contributed by atoms with van der Waals surface area (Å²) in [5.74, 6) is 2.24. The first-order chi connectivity index (χ1) is 15.5. The Labute approximate surface area is 193 Å². The first kappa shape index (κ1) is 22.0. The van der Waals surface area contributed by atoms with Gasteiger partial charge in [-0.15, -0.1) is 0 Å². The van der Waals surface area contributed by atoms with Crippen molar-refractivity contribution in [2.24, 2.45) is 0 Å². The van der Waals surface area contributed by atoms with Crippen molar-refractivity contribution < 1.29 is 19.0 Å². The lowest BCUT2D eigenvalue weighted by atomic mass is 9.92. The quantitative estimate of drug-likeness (QED) is 0.450. The van der Waals surface area contributed by atoms with E-state index < -0.39 is 6.10 Å². The van der Waals surface area contributed by atoms with Gasteiger partial charge in [0.25, 0.3) is 5.91 Å². The molecule has 0 fully saturated rings. The van der Waals surface area contributed by atoms with Gasteiger partial charge in [-0.05, 0) is 98.3 Å². The number of benzene rings is 3. The highest BCUT2D eigenvalue weighted by molar-refractivity contribution is 6.31.